The van der Waals surface area contributed by atoms with E-state index in [0.29, 0.717) is 10.0 Å². The maximum Gasteiger partial charge on any atom is 0.104 e. The first-order chi connectivity index (χ1) is 10.4. The fourth-order valence-electron chi connectivity index (χ4n) is 2.89. The molecule has 0 N–H and O–H groups in total. The molecule has 0 aliphatic heterocycles. The molecule has 1 aromatic carbocycles. The van der Waals surface area contributed by atoms with Crippen molar-refractivity contribution in [1.29, 1.82) is 0 Å². The van der Waals surface area contributed by atoms with E-state index in [1.54, 1.807) is 0 Å². The molecule has 0 aliphatic carbocycles. The van der Waals surface area contributed by atoms with Crippen LogP contribution >= 0.6 is 23.2 Å². The maximum atomic E-state index is 6.10. The van der Waals surface area contributed by atoms with Crippen molar-refractivity contribution in [3.8, 4) is 0 Å². The van der Waals surface area contributed by atoms with Crippen LogP contribution in [0.25, 0.3) is 0 Å². The van der Waals surface area contributed by atoms with Gasteiger partial charge >= 0.3 is 0 Å². The van der Waals surface area contributed by atoms with Crippen molar-refractivity contribution < 1.29 is 16.9 Å². The summed E-state index contributed by atoms with van der Waals surface area (Å²) in [4.78, 5) is 0. The Balaban J connectivity index is 0.00000484. The van der Waals surface area contributed by atoms with Gasteiger partial charge in [0.05, 0.1) is 30.7 Å². The zero-order valence-electron chi connectivity index (χ0n) is 14.9. The Morgan fingerprint density at radius 3 is 1.96 bits per heavy atom. The number of hydrogen-bond acceptors (Lipinski definition) is 0. The quantitative estimate of drug-likeness (QED) is 0.405. The van der Waals surface area contributed by atoms with E-state index in [2.05, 4.69) is 27.1 Å². The molecule has 0 bridgehead atoms. The molecular weight excluding hydrogens is 349 g/mol. The second-order valence-electron chi connectivity index (χ2n) is 7.04. The van der Waals surface area contributed by atoms with Gasteiger partial charge in [0.25, 0.3) is 0 Å². The topological polar surface area (TPSA) is 0 Å². The minimum Gasteiger partial charge on any atom is -1.00 e. The standard InChI is InChI=1S/C19H32Cl2N.ClH/c1-4-5-6-7-8-9-10-11-14-22(2,3)16-17-12-13-18(20)19(21)15-17;/h12-13,15H,4-11,14,16H2,1-3H3;1H/q+1;/p-1. The molecule has 134 valence electrons. The van der Waals surface area contributed by atoms with Crippen LogP contribution in [0.1, 0.15) is 63.9 Å². The lowest BCUT2D eigenvalue weighted by atomic mass is 10.1. The van der Waals surface area contributed by atoms with Crippen molar-refractivity contribution in [1.82, 2.24) is 0 Å². The summed E-state index contributed by atoms with van der Waals surface area (Å²) in [6, 6.07) is 5.98. The van der Waals surface area contributed by atoms with Gasteiger partial charge in [0.1, 0.15) is 6.54 Å². The highest BCUT2D eigenvalue weighted by molar-refractivity contribution is 6.42. The maximum absolute atomic E-state index is 6.10. The molecule has 0 saturated heterocycles. The van der Waals surface area contributed by atoms with E-state index in [4.69, 9.17) is 23.2 Å². The van der Waals surface area contributed by atoms with E-state index in [-0.39, 0.29) is 12.4 Å². The Bertz CT molecular complexity index is 433. The Kier molecular flexibility index (Phi) is 12.4. The van der Waals surface area contributed by atoms with Crippen LogP contribution in [0.15, 0.2) is 18.2 Å². The molecule has 0 unspecified atom stereocenters. The molecule has 0 amide bonds. The lowest BCUT2D eigenvalue weighted by Gasteiger charge is -2.30. The second kappa shape index (κ2) is 12.4. The van der Waals surface area contributed by atoms with Crippen molar-refractivity contribution in [2.24, 2.45) is 0 Å². The number of quaternary nitrogens is 1. The average molecular weight is 381 g/mol. The van der Waals surface area contributed by atoms with Gasteiger partial charge in [-0.3, -0.25) is 0 Å². The van der Waals surface area contributed by atoms with Gasteiger partial charge < -0.3 is 16.9 Å². The molecule has 0 radical (unpaired) electrons. The van der Waals surface area contributed by atoms with Gasteiger partial charge in [-0.05, 0) is 25.0 Å². The summed E-state index contributed by atoms with van der Waals surface area (Å²) in [5.41, 5.74) is 1.26. The number of benzene rings is 1. The van der Waals surface area contributed by atoms with E-state index in [0.717, 1.165) is 11.0 Å². The molecule has 1 rings (SSSR count). The van der Waals surface area contributed by atoms with Crippen LogP contribution in [-0.2, 0) is 6.54 Å². The first-order valence-corrected chi connectivity index (χ1v) is 9.46. The Morgan fingerprint density at radius 1 is 0.826 bits per heavy atom. The van der Waals surface area contributed by atoms with E-state index < -0.39 is 0 Å². The smallest absolute Gasteiger partial charge is 0.104 e. The second-order valence-corrected chi connectivity index (χ2v) is 7.86. The predicted octanol–water partition coefficient (Wildman–Crippen LogP) is 3.71. The van der Waals surface area contributed by atoms with Crippen LogP contribution in [0.5, 0.6) is 0 Å². The van der Waals surface area contributed by atoms with E-state index in [1.807, 2.05) is 12.1 Å². The van der Waals surface area contributed by atoms with Crippen molar-refractivity contribution in [3.05, 3.63) is 33.8 Å². The van der Waals surface area contributed by atoms with E-state index in [1.165, 1.54) is 63.5 Å². The predicted molar refractivity (Wildman–Crippen MR) is 99.8 cm³/mol. The summed E-state index contributed by atoms with van der Waals surface area (Å²) in [5.74, 6) is 0. The molecular formula is C19H32Cl3N. The molecule has 23 heavy (non-hydrogen) atoms. The Morgan fingerprint density at radius 2 is 1.39 bits per heavy atom. The first-order valence-electron chi connectivity index (χ1n) is 8.70. The highest BCUT2D eigenvalue weighted by atomic mass is 35.5. The summed E-state index contributed by atoms with van der Waals surface area (Å²) < 4.78 is 1.01. The number of rotatable bonds is 11. The van der Waals surface area contributed by atoms with Gasteiger partial charge in [-0.15, -0.1) is 0 Å². The minimum absolute atomic E-state index is 0. The summed E-state index contributed by atoms with van der Waals surface area (Å²) in [6.07, 6.45) is 11.0. The van der Waals surface area contributed by atoms with Gasteiger partial charge in [0.2, 0.25) is 0 Å². The molecule has 0 spiro atoms. The summed E-state index contributed by atoms with van der Waals surface area (Å²) in [5, 5.41) is 1.30. The van der Waals surface area contributed by atoms with Crippen LogP contribution in [-0.4, -0.2) is 25.1 Å². The number of hydrogen-bond donors (Lipinski definition) is 0. The molecule has 0 atom stereocenters. The minimum atomic E-state index is 0. The molecule has 0 saturated carbocycles. The molecule has 0 fully saturated rings. The molecule has 0 heterocycles. The van der Waals surface area contributed by atoms with Gasteiger partial charge in [0.15, 0.2) is 0 Å². The number of unbranched alkanes of at least 4 members (excludes halogenated alkanes) is 7. The molecule has 1 aromatic rings. The highest BCUT2D eigenvalue weighted by Crippen LogP contribution is 2.24. The SMILES string of the molecule is CCCCCCCCCC[N+](C)(C)Cc1ccc(Cl)c(Cl)c1.[Cl-]. The lowest BCUT2D eigenvalue weighted by Crippen LogP contribution is -3.00. The molecule has 1 nitrogen and oxygen atoms in total. The van der Waals surface area contributed by atoms with Crippen molar-refractivity contribution in [2.75, 3.05) is 20.6 Å². The fraction of sp³-hybridized carbons (Fsp3) is 0.684. The zero-order chi connectivity index (χ0) is 16.4. The van der Waals surface area contributed by atoms with Crippen molar-refractivity contribution in [2.45, 2.75) is 64.8 Å². The third-order valence-electron chi connectivity index (χ3n) is 4.21. The largest absolute Gasteiger partial charge is 1.00 e. The highest BCUT2D eigenvalue weighted by Gasteiger charge is 2.16. The fourth-order valence-corrected chi connectivity index (χ4v) is 3.21. The van der Waals surface area contributed by atoms with Crippen molar-refractivity contribution >= 4 is 23.2 Å². The van der Waals surface area contributed by atoms with Crippen LogP contribution in [0.4, 0.5) is 0 Å². The Hall–Kier alpha value is 0.0500. The van der Waals surface area contributed by atoms with Crippen LogP contribution < -0.4 is 12.4 Å². The summed E-state index contributed by atoms with van der Waals surface area (Å²) in [7, 11) is 4.59. The average Bonchev–Trinajstić information content (AvgIpc) is 2.45. The monoisotopic (exact) mass is 379 g/mol. The van der Waals surface area contributed by atoms with Gasteiger partial charge in [-0.25, -0.2) is 0 Å². The van der Waals surface area contributed by atoms with Gasteiger partial charge in [-0.2, -0.15) is 0 Å². The third kappa shape index (κ3) is 10.5. The number of halogens is 3. The summed E-state index contributed by atoms with van der Waals surface area (Å²) >= 11 is 12.1. The van der Waals surface area contributed by atoms with Crippen LogP contribution in [0.2, 0.25) is 10.0 Å². The molecule has 4 heteroatoms. The molecule has 0 aromatic heterocycles. The third-order valence-corrected chi connectivity index (χ3v) is 4.95. The van der Waals surface area contributed by atoms with Gasteiger partial charge in [0, 0.05) is 5.56 Å². The molecule has 0 aliphatic rings. The first kappa shape index (κ1) is 23.1. The summed E-state index contributed by atoms with van der Waals surface area (Å²) in [6.45, 7) is 4.50. The normalized spacial score (nSPS) is 11.3. The number of nitrogens with zero attached hydrogens (tertiary/aromatic N) is 1. The van der Waals surface area contributed by atoms with Crippen LogP contribution in [0, 0.1) is 0 Å². The van der Waals surface area contributed by atoms with E-state index >= 15 is 0 Å². The Labute approximate surface area is 159 Å². The van der Waals surface area contributed by atoms with Crippen LogP contribution in [0.3, 0.4) is 0 Å². The lowest BCUT2D eigenvalue weighted by molar-refractivity contribution is -0.903. The van der Waals surface area contributed by atoms with E-state index in [9.17, 15) is 0 Å². The zero-order valence-corrected chi connectivity index (χ0v) is 17.2. The van der Waals surface area contributed by atoms with Crippen molar-refractivity contribution in [3.63, 3.8) is 0 Å². The van der Waals surface area contributed by atoms with Gasteiger partial charge in [-0.1, -0.05) is 74.7 Å².